The smallest absolute Gasteiger partial charge is 0.293 e. The van der Waals surface area contributed by atoms with Gasteiger partial charge in [0, 0.05) is 12.1 Å². The fraction of sp³-hybridized carbons (Fsp3) is 0.133. The molecule has 0 radical (unpaired) electrons. The first-order valence-electron chi connectivity index (χ1n) is 6.71. The molecule has 3 rings (SSSR count). The Morgan fingerprint density at radius 3 is 2.86 bits per heavy atom. The van der Waals surface area contributed by atoms with Gasteiger partial charge in [0.05, 0.1) is 16.5 Å². The molecule has 0 aliphatic carbocycles. The summed E-state index contributed by atoms with van der Waals surface area (Å²) in [6.07, 6.45) is 1.86. The van der Waals surface area contributed by atoms with Crippen molar-refractivity contribution in [2.75, 3.05) is 10.6 Å². The monoisotopic (exact) mass is 315 g/mol. The second-order valence-corrected chi connectivity index (χ2v) is 5.57. The van der Waals surface area contributed by atoms with E-state index in [4.69, 9.17) is 4.42 Å². The quantitative estimate of drug-likeness (QED) is 0.772. The number of fused-ring (bicyclic) bond motifs is 1. The largest absolute Gasteiger partial charge is 0.459 e. The van der Waals surface area contributed by atoms with Crippen molar-refractivity contribution in [2.24, 2.45) is 0 Å². The van der Waals surface area contributed by atoms with E-state index in [1.54, 1.807) is 31.2 Å². The number of benzene rings is 1. The van der Waals surface area contributed by atoms with Gasteiger partial charge in [-0.1, -0.05) is 18.3 Å². The lowest BCUT2D eigenvalue weighted by Gasteiger charge is -2.02. The number of amides is 2. The van der Waals surface area contributed by atoms with Crippen LogP contribution in [-0.2, 0) is 4.79 Å². The molecule has 0 unspecified atom stereocenters. The standard InChI is InChI=1S/C15H13N3O3S/c1-2-13(19)16-9-5-6-10-12(8-9)22-15(17-10)18-14(20)11-4-3-7-21-11/h3-8H,2H2,1H3,(H,16,19)(H,17,18,20). The Morgan fingerprint density at radius 1 is 1.27 bits per heavy atom. The van der Waals surface area contributed by atoms with Gasteiger partial charge in [0.2, 0.25) is 5.91 Å². The molecule has 0 fully saturated rings. The van der Waals surface area contributed by atoms with Crippen LogP contribution in [-0.4, -0.2) is 16.8 Å². The molecule has 22 heavy (non-hydrogen) atoms. The number of furan rings is 1. The van der Waals surface area contributed by atoms with Crippen molar-refractivity contribution in [3.63, 3.8) is 0 Å². The number of carbonyl (C=O) groups is 2. The Bertz CT molecular complexity index is 824. The van der Waals surface area contributed by atoms with E-state index in [-0.39, 0.29) is 17.6 Å². The Labute approximate surface area is 130 Å². The fourth-order valence-electron chi connectivity index (χ4n) is 1.87. The predicted octanol–water partition coefficient (Wildman–Crippen LogP) is 3.49. The molecule has 0 atom stereocenters. The summed E-state index contributed by atoms with van der Waals surface area (Å²) in [6, 6.07) is 8.66. The van der Waals surface area contributed by atoms with E-state index in [9.17, 15) is 9.59 Å². The maximum absolute atomic E-state index is 11.9. The van der Waals surface area contributed by atoms with E-state index in [1.807, 2.05) is 6.07 Å². The van der Waals surface area contributed by atoms with Crippen LogP contribution in [0.15, 0.2) is 41.0 Å². The summed E-state index contributed by atoms with van der Waals surface area (Å²) in [5, 5.41) is 5.97. The van der Waals surface area contributed by atoms with Crippen molar-refractivity contribution in [1.29, 1.82) is 0 Å². The number of aromatic nitrogens is 1. The molecule has 0 aliphatic heterocycles. The molecule has 2 N–H and O–H groups in total. The van der Waals surface area contributed by atoms with Gasteiger partial charge in [-0.25, -0.2) is 4.98 Å². The molecule has 6 nitrogen and oxygen atoms in total. The highest BCUT2D eigenvalue weighted by atomic mass is 32.1. The van der Waals surface area contributed by atoms with Crippen LogP contribution in [0.4, 0.5) is 10.8 Å². The second kappa shape index (κ2) is 5.98. The van der Waals surface area contributed by atoms with Crippen LogP contribution < -0.4 is 10.6 Å². The minimum Gasteiger partial charge on any atom is -0.459 e. The van der Waals surface area contributed by atoms with E-state index < -0.39 is 0 Å². The van der Waals surface area contributed by atoms with Gasteiger partial charge in [-0.15, -0.1) is 0 Å². The number of anilines is 2. The Kier molecular flexibility index (Phi) is 3.88. The molecule has 2 heterocycles. The van der Waals surface area contributed by atoms with E-state index in [1.165, 1.54) is 17.6 Å². The molecule has 0 saturated heterocycles. The lowest BCUT2D eigenvalue weighted by molar-refractivity contribution is -0.115. The van der Waals surface area contributed by atoms with Crippen LogP contribution in [0.1, 0.15) is 23.9 Å². The van der Waals surface area contributed by atoms with Gasteiger partial charge in [0.15, 0.2) is 10.9 Å². The first-order valence-corrected chi connectivity index (χ1v) is 7.52. The number of nitrogens with one attached hydrogen (secondary N) is 2. The van der Waals surface area contributed by atoms with Gasteiger partial charge in [-0.05, 0) is 30.3 Å². The summed E-state index contributed by atoms with van der Waals surface area (Å²) in [5.41, 5.74) is 1.47. The fourth-order valence-corrected chi connectivity index (χ4v) is 2.77. The highest BCUT2D eigenvalue weighted by Crippen LogP contribution is 2.28. The van der Waals surface area contributed by atoms with E-state index >= 15 is 0 Å². The molecule has 0 aliphatic rings. The van der Waals surface area contributed by atoms with Crippen LogP contribution in [0.3, 0.4) is 0 Å². The van der Waals surface area contributed by atoms with Crippen molar-refractivity contribution < 1.29 is 14.0 Å². The topological polar surface area (TPSA) is 84.2 Å². The minimum absolute atomic E-state index is 0.0461. The maximum Gasteiger partial charge on any atom is 0.293 e. The highest BCUT2D eigenvalue weighted by molar-refractivity contribution is 7.22. The number of thiazole rings is 1. The van der Waals surface area contributed by atoms with Crippen LogP contribution in [0.25, 0.3) is 10.2 Å². The SMILES string of the molecule is CCC(=O)Nc1ccc2nc(NC(=O)c3ccco3)sc2c1. The molecule has 2 amide bonds. The molecule has 3 aromatic rings. The van der Waals surface area contributed by atoms with Crippen molar-refractivity contribution in [3.05, 3.63) is 42.4 Å². The summed E-state index contributed by atoms with van der Waals surface area (Å²) < 4.78 is 5.91. The zero-order valence-electron chi connectivity index (χ0n) is 11.8. The van der Waals surface area contributed by atoms with Crippen LogP contribution in [0.5, 0.6) is 0 Å². The predicted molar refractivity (Wildman–Crippen MR) is 85.2 cm³/mol. The first kappa shape index (κ1) is 14.3. The molecule has 0 saturated carbocycles. The second-order valence-electron chi connectivity index (χ2n) is 4.53. The van der Waals surface area contributed by atoms with E-state index in [2.05, 4.69) is 15.6 Å². The van der Waals surface area contributed by atoms with Gasteiger partial charge in [-0.2, -0.15) is 0 Å². The normalized spacial score (nSPS) is 10.6. The third-order valence-corrected chi connectivity index (χ3v) is 3.89. The van der Waals surface area contributed by atoms with Crippen molar-refractivity contribution >= 4 is 44.2 Å². The number of nitrogens with zero attached hydrogens (tertiary/aromatic N) is 1. The van der Waals surface area contributed by atoms with Gasteiger partial charge in [0.25, 0.3) is 5.91 Å². The molecule has 0 spiro atoms. The zero-order chi connectivity index (χ0) is 15.5. The molecular formula is C15H13N3O3S. The molecule has 7 heteroatoms. The summed E-state index contributed by atoms with van der Waals surface area (Å²) >= 11 is 1.34. The summed E-state index contributed by atoms with van der Waals surface area (Å²) in [5.74, 6) is -0.158. The number of rotatable bonds is 4. The minimum atomic E-state index is -0.344. The third-order valence-electron chi connectivity index (χ3n) is 2.96. The molecule has 2 aromatic heterocycles. The number of carbonyl (C=O) groups excluding carboxylic acids is 2. The lowest BCUT2D eigenvalue weighted by atomic mass is 10.3. The number of hydrogen-bond donors (Lipinski definition) is 2. The van der Waals surface area contributed by atoms with Gasteiger partial charge in [0.1, 0.15) is 0 Å². The maximum atomic E-state index is 11.9. The van der Waals surface area contributed by atoms with E-state index in [0.29, 0.717) is 17.2 Å². The lowest BCUT2D eigenvalue weighted by Crippen LogP contribution is -2.10. The molecular weight excluding hydrogens is 302 g/mol. The summed E-state index contributed by atoms with van der Waals surface area (Å²) in [4.78, 5) is 27.7. The average Bonchev–Trinajstić information content (AvgIpc) is 3.15. The Balaban J connectivity index is 1.80. The number of hydrogen-bond acceptors (Lipinski definition) is 5. The van der Waals surface area contributed by atoms with Crippen LogP contribution >= 0.6 is 11.3 Å². The van der Waals surface area contributed by atoms with Crippen molar-refractivity contribution in [3.8, 4) is 0 Å². The first-order chi connectivity index (χ1) is 10.7. The molecule has 0 bridgehead atoms. The van der Waals surface area contributed by atoms with Crippen LogP contribution in [0.2, 0.25) is 0 Å². The third kappa shape index (κ3) is 2.99. The summed E-state index contributed by atoms with van der Waals surface area (Å²) in [6.45, 7) is 1.79. The molecule has 1 aromatic carbocycles. The van der Waals surface area contributed by atoms with Crippen molar-refractivity contribution in [2.45, 2.75) is 13.3 Å². The van der Waals surface area contributed by atoms with Crippen LogP contribution in [0, 0.1) is 0 Å². The van der Waals surface area contributed by atoms with Gasteiger partial charge in [-0.3, -0.25) is 14.9 Å². The van der Waals surface area contributed by atoms with E-state index in [0.717, 1.165) is 10.2 Å². The summed E-state index contributed by atoms with van der Waals surface area (Å²) in [7, 11) is 0. The van der Waals surface area contributed by atoms with Gasteiger partial charge < -0.3 is 9.73 Å². The Hall–Kier alpha value is -2.67. The Morgan fingerprint density at radius 2 is 2.14 bits per heavy atom. The highest BCUT2D eigenvalue weighted by Gasteiger charge is 2.12. The molecule has 112 valence electrons. The average molecular weight is 315 g/mol. The van der Waals surface area contributed by atoms with Gasteiger partial charge >= 0.3 is 0 Å². The zero-order valence-corrected chi connectivity index (χ0v) is 12.6. The van der Waals surface area contributed by atoms with Crippen molar-refractivity contribution in [1.82, 2.24) is 4.98 Å².